The Kier molecular flexibility index (Phi) is 4.97. The van der Waals surface area contributed by atoms with E-state index in [1.807, 2.05) is 14.0 Å². The molecular formula is C17H27ClN4O. The lowest BCUT2D eigenvalue weighted by molar-refractivity contribution is -0.139. The number of hydrogen-bond acceptors (Lipinski definition) is 3. The van der Waals surface area contributed by atoms with Crippen LogP contribution in [-0.2, 0) is 11.8 Å². The lowest BCUT2D eigenvalue weighted by atomic mass is 9.99. The van der Waals surface area contributed by atoms with Crippen molar-refractivity contribution >= 4 is 17.5 Å². The lowest BCUT2D eigenvalue weighted by Crippen LogP contribution is -2.50. The van der Waals surface area contributed by atoms with Crippen LogP contribution in [0.2, 0.25) is 5.15 Å². The molecule has 2 saturated heterocycles. The van der Waals surface area contributed by atoms with Gasteiger partial charge in [0.1, 0.15) is 5.15 Å². The predicted molar refractivity (Wildman–Crippen MR) is 91.5 cm³/mol. The highest BCUT2D eigenvalue weighted by Crippen LogP contribution is 2.38. The highest BCUT2D eigenvalue weighted by molar-refractivity contribution is 6.30. The first kappa shape index (κ1) is 16.8. The van der Waals surface area contributed by atoms with Crippen LogP contribution in [0, 0.1) is 6.92 Å². The van der Waals surface area contributed by atoms with Crippen LogP contribution in [0.15, 0.2) is 0 Å². The van der Waals surface area contributed by atoms with Gasteiger partial charge in [0.25, 0.3) is 0 Å². The largest absolute Gasteiger partial charge is 0.334 e. The van der Waals surface area contributed by atoms with Crippen LogP contribution < -0.4 is 0 Å². The van der Waals surface area contributed by atoms with E-state index in [0.717, 1.165) is 56.6 Å². The van der Waals surface area contributed by atoms with E-state index in [1.165, 1.54) is 6.42 Å². The van der Waals surface area contributed by atoms with Gasteiger partial charge in [-0.25, -0.2) is 0 Å². The first-order valence-corrected chi connectivity index (χ1v) is 9.16. The summed E-state index contributed by atoms with van der Waals surface area (Å²) in [6.07, 6.45) is 5.36. The first-order chi connectivity index (χ1) is 11.0. The van der Waals surface area contributed by atoms with Crippen LogP contribution in [0.5, 0.6) is 0 Å². The summed E-state index contributed by atoms with van der Waals surface area (Å²) in [5, 5.41) is 5.10. The fraction of sp³-hybridized carbons (Fsp3) is 0.765. The third-order valence-corrected chi connectivity index (χ3v) is 5.82. The maximum atomic E-state index is 13.2. The van der Waals surface area contributed by atoms with Crippen LogP contribution in [0.1, 0.15) is 56.3 Å². The molecule has 0 saturated carbocycles. The molecule has 0 radical (unpaired) electrons. The number of hydrogen-bond donors (Lipinski definition) is 0. The van der Waals surface area contributed by atoms with Crippen molar-refractivity contribution in [2.75, 3.05) is 19.6 Å². The standard InChI is InChI=1S/C17H27ClN4O/c1-4-21-10-6-5-8-14(21)17(23)22-11-7-9-13(22)15-12(2)19-20(3)16(15)18/h13-14H,4-11H2,1-3H3/t13-,14+/m1/s1. The average Bonchev–Trinajstić information content (AvgIpc) is 3.11. The number of carbonyl (C=O) groups is 1. The molecule has 0 unspecified atom stereocenters. The molecule has 6 heteroatoms. The van der Waals surface area contributed by atoms with Gasteiger partial charge in [-0.1, -0.05) is 24.9 Å². The van der Waals surface area contributed by atoms with Gasteiger partial charge < -0.3 is 4.90 Å². The van der Waals surface area contributed by atoms with Gasteiger partial charge in [-0.2, -0.15) is 5.10 Å². The van der Waals surface area contributed by atoms with Gasteiger partial charge in [0.05, 0.1) is 17.8 Å². The third-order valence-electron chi connectivity index (χ3n) is 5.37. The van der Waals surface area contributed by atoms with Crippen LogP contribution in [-0.4, -0.2) is 51.2 Å². The Morgan fingerprint density at radius 1 is 1.26 bits per heavy atom. The van der Waals surface area contributed by atoms with Gasteiger partial charge >= 0.3 is 0 Å². The number of aryl methyl sites for hydroxylation is 2. The molecule has 2 atom stereocenters. The highest BCUT2D eigenvalue weighted by Gasteiger charge is 2.39. The summed E-state index contributed by atoms with van der Waals surface area (Å²) in [4.78, 5) is 17.6. The van der Waals surface area contributed by atoms with E-state index >= 15 is 0 Å². The molecule has 0 aliphatic carbocycles. The van der Waals surface area contributed by atoms with Gasteiger partial charge in [-0.05, 0) is 45.7 Å². The molecule has 3 rings (SSSR count). The molecule has 0 N–H and O–H groups in total. The van der Waals surface area contributed by atoms with Crippen LogP contribution in [0.25, 0.3) is 0 Å². The summed E-state index contributed by atoms with van der Waals surface area (Å²) >= 11 is 6.46. The molecule has 1 amide bonds. The van der Waals surface area contributed by atoms with Gasteiger partial charge in [-0.3, -0.25) is 14.4 Å². The Labute approximate surface area is 143 Å². The fourth-order valence-corrected chi connectivity index (χ4v) is 4.50. The average molecular weight is 339 g/mol. The van der Waals surface area contributed by atoms with Crippen molar-refractivity contribution in [1.29, 1.82) is 0 Å². The normalized spacial score (nSPS) is 26.0. The second-order valence-corrected chi connectivity index (χ2v) is 7.10. The van der Waals surface area contributed by atoms with Crippen molar-refractivity contribution in [2.45, 2.75) is 58.0 Å². The molecule has 5 nitrogen and oxygen atoms in total. The van der Waals surface area contributed by atoms with E-state index in [4.69, 9.17) is 11.6 Å². The SMILES string of the molecule is CCN1CCCC[C@H]1C(=O)N1CCC[C@@H]1c1c(C)nn(C)c1Cl. The van der Waals surface area contributed by atoms with Crippen LogP contribution in [0.3, 0.4) is 0 Å². The van der Waals surface area contributed by atoms with Crippen LogP contribution in [0.4, 0.5) is 0 Å². The number of nitrogens with zero attached hydrogens (tertiary/aromatic N) is 4. The smallest absolute Gasteiger partial charge is 0.240 e. The minimum absolute atomic E-state index is 0.0464. The minimum atomic E-state index is 0.0464. The van der Waals surface area contributed by atoms with E-state index in [-0.39, 0.29) is 18.0 Å². The molecule has 0 spiro atoms. The molecule has 128 valence electrons. The number of carbonyl (C=O) groups excluding carboxylic acids is 1. The molecule has 1 aromatic heterocycles. The first-order valence-electron chi connectivity index (χ1n) is 8.78. The lowest BCUT2D eigenvalue weighted by Gasteiger charge is -2.37. The molecule has 3 heterocycles. The number of likely N-dealkylation sites (tertiary alicyclic amines) is 2. The van der Waals surface area contributed by atoms with E-state index in [1.54, 1.807) is 4.68 Å². The second kappa shape index (κ2) is 6.81. The van der Waals surface area contributed by atoms with Gasteiger partial charge in [0.15, 0.2) is 0 Å². The summed E-state index contributed by atoms with van der Waals surface area (Å²) in [7, 11) is 1.86. The Morgan fingerprint density at radius 3 is 2.70 bits per heavy atom. The molecule has 2 fully saturated rings. The summed E-state index contributed by atoms with van der Waals surface area (Å²) in [5.74, 6) is 0.286. The van der Waals surface area contributed by atoms with Crippen molar-refractivity contribution < 1.29 is 4.79 Å². The van der Waals surface area contributed by atoms with E-state index in [2.05, 4.69) is 21.8 Å². The maximum absolute atomic E-state index is 13.2. The highest BCUT2D eigenvalue weighted by atomic mass is 35.5. The molecule has 23 heavy (non-hydrogen) atoms. The Balaban J connectivity index is 1.85. The molecule has 0 aromatic carbocycles. The fourth-order valence-electron chi connectivity index (χ4n) is 4.20. The minimum Gasteiger partial charge on any atom is -0.334 e. The van der Waals surface area contributed by atoms with Crippen LogP contribution >= 0.6 is 11.6 Å². The van der Waals surface area contributed by atoms with Gasteiger partial charge in [-0.15, -0.1) is 0 Å². The second-order valence-electron chi connectivity index (χ2n) is 6.74. The number of likely N-dealkylation sites (N-methyl/N-ethyl adjacent to an activating group) is 1. The quantitative estimate of drug-likeness (QED) is 0.851. The Bertz CT molecular complexity index is 585. The summed E-state index contributed by atoms with van der Waals surface area (Å²) < 4.78 is 1.71. The number of rotatable bonds is 3. The number of piperidine rings is 1. The molecule has 1 aromatic rings. The summed E-state index contributed by atoms with van der Waals surface area (Å²) in [6, 6.07) is 0.134. The van der Waals surface area contributed by atoms with E-state index in [0.29, 0.717) is 5.15 Å². The zero-order valence-electron chi connectivity index (χ0n) is 14.4. The molecule has 2 aliphatic heterocycles. The zero-order chi connectivity index (χ0) is 16.6. The van der Waals surface area contributed by atoms with E-state index < -0.39 is 0 Å². The van der Waals surface area contributed by atoms with E-state index in [9.17, 15) is 4.79 Å². The Hall–Kier alpha value is -1.07. The maximum Gasteiger partial charge on any atom is 0.240 e. The number of amides is 1. The van der Waals surface area contributed by atoms with Gasteiger partial charge in [0, 0.05) is 19.2 Å². The van der Waals surface area contributed by atoms with Crippen molar-refractivity contribution in [3.63, 3.8) is 0 Å². The third kappa shape index (κ3) is 3.01. The van der Waals surface area contributed by atoms with Gasteiger partial charge in [0.2, 0.25) is 5.91 Å². The van der Waals surface area contributed by atoms with Crippen molar-refractivity contribution in [1.82, 2.24) is 19.6 Å². The van der Waals surface area contributed by atoms with Crippen molar-refractivity contribution in [2.24, 2.45) is 7.05 Å². The topological polar surface area (TPSA) is 41.4 Å². The van der Waals surface area contributed by atoms with Crippen molar-refractivity contribution in [3.05, 3.63) is 16.4 Å². The molecule has 0 bridgehead atoms. The molecule has 2 aliphatic rings. The summed E-state index contributed by atoms with van der Waals surface area (Å²) in [5.41, 5.74) is 1.98. The summed E-state index contributed by atoms with van der Waals surface area (Å²) in [6.45, 7) is 6.96. The number of aromatic nitrogens is 2. The van der Waals surface area contributed by atoms with Crippen molar-refractivity contribution in [3.8, 4) is 0 Å². The zero-order valence-corrected chi connectivity index (χ0v) is 15.1. The monoisotopic (exact) mass is 338 g/mol. The Morgan fingerprint density at radius 2 is 2.04 bits per heavy atom. The molecular weight excluding hydrogens is 312 g/mol. The predicted octanol–water partition coefficient (Wildman–Crippen LogP) is 2.92. The number of halogens is 1.